The van der Waals surface area contributed by atoms with Crippen molar-refractivity contribution >= 4 is 11.3 Å². The van der Waals surface area contributed by atoms with E-state index in [0.29, 0.717) is 5.41 Å². The molecule has 1 unspecified atom stereocenters. The fourth-order valence-corrected chi connectivity index (χ4v) is 2.64. The van der Waals surface area contributed by atoms with Gasteiger partial charge in [-0.2, -0.15) is 0 Å². The van der Waals surface area contributed by atoms with Crippen LogP contribution in [-0.2, 0) is 6.42 Å². The van der Waals surface area contributed by atoms with E-state index in [-0.39, 0.29) is 5.54 Å². The second kappa shape index (κ2) is 5.96. The van der Waals surface area contributed by atoms with E-state index in [9.17, 15) is 0 Å². The van der Waals surface area contributed by atoms with E-state index in [2.05, 4.69) is 50.3 Å². The Bertz CT molecular complexity index is 313. The van der Waals surface area contributed by atoms with Crippen molar-refractivity contribution in [2.75, 3.05) is 6.54 Å². The molecule has 1 atom stereocenters. The molecule has 0 saturated carbocycles. The molecule has 0 aliphatic carbocycles. The number of aromatic nitrogens is 1. The third-order valence-corrected chi connectivity index (χ3v) is 3.63. The first-order valence-corrected chi connectivity index (χ1v) is 7.41. The molecule has 0 aromatic carbocycles. The summed E-state index contributed by atoms with van der Waals surface area (Å²) in [7, 11) is 0. The molecule has 1 heterocycles. The van der Waals surface area contributed by atoms with Crippen molar-refractivity contribution in [3.05, 3.63) is 16.6 Å². The molecule has 0 radical (unpaired) electrons. The summed E-state index contributed by atoms with van der Waals surface area (Å²) in [5.41, 5.74) is 3.67. The van der Waals surface area contributed by atoms with Gasteiger partial charge in [-0.3, -0.25) is 0 Å². The molecule has 17 heavy (non-hydrogen) atoms. The molecule has 0 saturated heterocycles. The van der Waals surface area contributed by atoms with Gasteiger partial charge in [-0.15, -0.1) is 11.3 Å². The Balaban J connectivity index is 2.61. The second-order valence-corrected chi connectivity index (χ2v) is 7.04. The molecule has 0 bridgehead atoms. The van der Waals surface area contributed by atoms with Crippen LogP contribution >= 0.6 is 11.3 Å². The summed E-state index contributed by atoms with van der Waals surface area (Å²) in [6.45, 7) is 12.4. The fourth-order valence-electron chi connectivity index (χ4n) is 2.08. The van der Waals surface area contributed by atoms with Crippen LogP contribution < -0.4 is 5.32 Å². The lowest BCUT2D eigenvalue weighted by Crippen LogP contribution is -2.43. The highest BCUT2D eigenvalue weighted by atomic mass is 32.1. The Morgan fingerprint density at radius 2 is 2.00 bits per heavy atom. The average Bonchev–Trinajstić information content (AvgIpc) is 2.67. The van der Waals surface area contributed by atoms with Gasteiger partial charge in [-0.1, -0.05) is 20.3 Å². The normalized spacial score (nSPS) is 15.8. The lowest BCUT2D eigenvalue weighted by atomic mass is 9.80. The predicted octanol–water partition coefficient (Wildman–Crippen LogP) is 3.88. The summed E-state index contributed by atoms with van der Waals surface area (Å²) < 4.78 is 0. The Hall–Kier alpha value is -0.410. The number of rotatable bonds is 6. The average molecular weight is 254 g/mol. The Labute approximate surface area is 110 Å². The lowest BCUT2D eigenvalue weighted by molar-refractivity contribution is 0.242. The van der Waals surface area contributed by atoms with E-state index in [1.807, 2.05) is 5.51 Å². The van der Waals surface area contributed by atoms with E-state index in [1.165, 1.54) is 18.5 Å². The highest BCUT2D eigenvalue weighted by Crippen LogP contribution is 2.28. The third kappa shape index (κ3) is 5.64. The van der Waals surface area contributed by atoms with Gasteiger partial charge in [-0.25, -0.2) is 4.98 Å². The van der Waals surface area contributed by atoms with Gasteiger partial charge in [0.15, 0.2) is 0 Å². The zero-order valence-electron chi connectivity index (χ0n) is 11.8. The topological polar surface area (TPSA) is 24.9 Å². The number of hydrogen-bond acceptors (Lipinski definition) is 3. The SMILES string of the molecule is CCCC(C)(CNC(C)(C)C)Cc1cscn1. The van der Waals surface area contributed by atoms with Crippen LogP contribution in [0.2, 0.25) is 0 Å². The van der Waals surface area contributed by atoms with Crippen molar-refractivity contribution in [3.63, 3.8) is 0 Å². The molecule has 0 amide bonds. The van der Waals surface area contributed by atoms with E-state index < -0.39 is 0 Å². The summed E-state index contributed by atoms with van der Waals surface area (Å²) >= 11 is 1.69. The summed E-state index contributed by atoms with van der Waals surface area (Å²) in [4.78, 5) is 4.42. The van der Waals surface area contributed by atoms with Crippen LogP contribution in [-0.4, -0.2) is 17.1 Å². The van der Waals surface area contributed by atoms with Gasteiger partial charge in [-0.05, 0) is 39.0 Å². The van der Waals surface area contributed by atoms with Crippen molar-refractivity contribution in [3.8, 4) is 0 Å². The molecule has 0 fully saturated rings. The molecule has 1 aromatic heterocycles. The van der Waals surface area contributed by atoms with E-state index in [4.69, 9.17) is 0 Å². The molecular formula is C14H26N2S. The maximum atomic E-state index is 4.42. The summed E-state index contributed by atoms with van der Waals surface area (Å²) in [5.74, 6) is 0. The monoisotopic (exact) mass is 254 g/mol. The number of nitrogens with one attached hydrogen (secondary N) is 1. The first-order valence-electron chi connectivity index (χ1n) is 6.47. The van der Waals surface area contributed by atoms with Gasteiger partial charge in [0.05, 0.1) is 11.2 Å². The van der Waals surface area contributed by atoms with Gasteiger partial charge in [0.1, 0.15) is 0 Å². The van der Waals surface area contributed by atoms with E-state index in [0.717, 1.165) is 13.0 Å². The first kappa shape index (κ1) is 14.7. The zero-order valence-corrected chi connectivity index (χ0v) is 12.7. The minimum Gasteiger partial charge on any atom is -0.312 e. The molecule has 2 nitrogen and oxygen atoms in total. The van der Waals surface area contributed by atoms with Gasteiger partial charge in [0.25, 0.3) is 0 Å². The molecule has 0 aliphatic heterocycles. The predicted molar refractivity (Wildman–Crippen MR) is 76.6 cm³/mol. The molecule has 98 valence electrons. The fraction of sp³-hybridized carbons (Fsp3) is 0.786. The van der Waals surface area contributed by atoms with Crippen LogP contribution in [0.4, 0.5) is 0 Å². The van der Waals surface area contributed by atoms with Crippen LogP contribution in [0.25, 0.3) is 0 Å². The van der Waals surface area contributed by atoms with E-state index >= 15 is 0 Å². The Morgan fingerprint density at radius 1 is 1.29 bits per heavy atom. The smallest absolute Gasteiger partial charge is 0.0794 e. The first-order chi connectivity index (χ1) is 7.85. The maximum absolute atomic E-state index is 4.42. The second-order valence-electron chi connectivity index (χ2n) is 6.32. The van der Waals surface area contributed by atoms with Crippen LogP contribution in [0.5, 0.6) is 0 Å². The summed E-state index contributed by atoms with van der Waals surface area (Å²) in [6.07, 6.45) is 3.55. The quantitative estimate of drug-likeness (QED) is 0.833. The highest BCUT2D eigenvalue weighted by molar-refractivity contribution is 7.07. The van der Waals surface area contributed by atoms with Crippen molar-refractivity contribution in [1.82, 2.24) is 10.3 Å². The zero-order chi connectivity index (χ0) is 12.9. The number of nitrogens with zero attached hydrogens (tertiary/aromatic N) is 1. The summed E-state index contributed by atoms with van der Waals surface area (Å²) in [6, 6.07) is 0. The van der Waals surface area contributed by atoms with Crippen LogP contribution in [0.1, 0.15) is 53.2 Å². The number of thiazole rings is 1. The third-order valence-electron chi connectivity index (χ3n) is 2.99. The molecule has 3 heteroatoms. The van der Waals surface area contributed by atoms with Crippen LogP contribution in [0.3, 0.4) is 0 Å². The minimum atomic E-state index is 0.192. The Morgan fingerprint density at radius 3 is 2.47 bits per heavy atom. The molecule has 0 spiro atoms. The lowest BCUT2D eigenvalue weighted by Gasteiger charge is -2.33. The molecule has 1 N–H and O–H groups in total. The minimum absolute atomic E-state index is 0.192. The van der Waals surface area contributed by atoms with Gasteiger partial charge < -0.3 is 5.32 Å². The Kier molecular flexibility index (Phi) is 5.14. The van der Waals surface area contributed by atoms with Crippen molar-refractivity contribution in [2.24, 2.45) is 5.41 Å². The van der Waals surface area contributed by atoms with E-state index in [1.54, 1.807) is 11.3 Å². The largest absolute Gasteiger partial charge is 0.312 e. The maximum Gasteiger partial charge on any atom is 0.0794 e. The molecule has 0 aliphatic rings. The standard InChI is InChI=1S/C14H26N2S/c1-6-7-14(5,10-16-13(2,3)4)8-12-9-17-11-15-12/h9,11,16H,6-8,10H2,1-5H3. The van der Waals surface area contributed by atoms with Crippen molar-refractivity contribution in [2.45, 2.75) is 59.4 Å². The molecule has 1 rings (SSSR count). The molecular weight excluding hydrogens is 228 g/mol. The van der Waals surface area contributed by atoms with Crippen molar-refractivity contribution in [1.29, 1.82) is 0 Å². The van der Waals surface area contributed by atoms with Crippen LogP contribution in [0.15, 0.2) is 10.9 Å². The van der Waals surface area contributed by atoms with Gasteiger partial charge >= 0.3 is 0 Å². The van der Waals surface area contributed by atoms with Crippen LogP contribution in [0, 0.1) is 5.41 Å². The van der Waals surface area contributed by atoms with Gasteiger partial charge in [0, 0.05) is 17.5 Å². The highest BCUT2D eigenvalue weighted by Gasteiger charge is 2.26. The van der Waals surface area contributed by atoms with Crippen molar-refractivity contribution < 1.29 is 0 Å². The summed E-state index contributed by atoms with van der Waals surface area (Å²) in [5, 5.41) is 5.81. The van der Waals surface area contributed by atoms with Gasteiger partial charge in [0.2, 0.25) is 0 Å². The molecule has 1 aromatic rings. The number of hydrogen-bond donors (Lipinski definition) is 1.